The summed E-state index contributed by atoms with van der Waals surface area (Å²) in [6.07, 6.45) is 0.947. The van der Waals surface area contributed by atoms with Crippen molar-refractivity contribution >= 4 is 15.9 Å². The van der Waals surface area contributed by atoms with E-state index in [0.29, 0.717) is 19.4 Å². The van der Waals surface area contributed by atoms with Crippen molar-refractivity contribution in [2.45, 2.75) is 24.3 Å². The minimum Gasteiger partial charge on any atom is -0.352 e. The molecule has 2 aromatic rings. The third kappa shape index (κ3) is 4.28. The molecule has 1 aliphatic rings. The number of piperidine rings is 1. The van der Waals surface area contributed by atoms with Gasteiger partial charge in [0.05, 0.1) is 4.90 Å². The van der Waals surface area contributed by atoms with Gasteiger partial charge in [0.2, 0.25) is 15.9 Å². The first-order chi connectivity index (χ1) is 12.5. The number of benzene rings is 2. The molecule has 7 heteroatoms. The Morgan fingerprint density at radius 1 is 1.04 bits per heavy atom. The highest BCUT2D eigenvalue weighted by Gasteiger charge is 2.31. The Bertz CT molecular complexity index is 846. The molecule has 1 amide bonds. The number of nitrogens with one attached hydrogen (secondary N) is 1. The van der Waals surface area contributed by atoms with E-state index in [-0.39, 0.29) is 29.8 Å². The second-order valence-electron chi connectivity index (χ2n) is 6.34. The van der Waals surface area contributed by atoms with Crippen LogP contribution >= 0.6 is 0 Å². The molecule has 26 heavy (non-hydrogen) atoms. The van der Waals surface area contributed by atoms with Crippen molar-refractivity contribution in [2.24, 2.45) is 5.92 Å². The van der Waals surface area contributed by atoms with Crippen LogP contribution in [0.4, 0.5) is 4.39 Å². The average Bonchev–Trinajstić information content (AvgIpc) is 2.67. The summed E-state index contributed by atoms with van der Waals surface area (Å²) in [6.45, 7) is 1.03. The highest BCUT2D eigenvalue weighted by atomic mass is 32.2. The molecule has 0 spiro atoms. The van der Waals surface area contributed by atoms with E-state index in [0.717, 1.165) is 17.7 Å². The SMILES string of the molecule is O=C(NCc1ccccc1)C1CCN(S(=O)(=O)c2ccc(F)cc2)CC1. The summed E-state index contributed by atoms with van der Waals surface area (Å²) in [5, 5.41) is 2.91. The zero-order valence-electron chi connectivity index (χ0n) is 14.3. The Morgan fingerprint density at radius 2 is 1.65 bits per heavy atom. The van der Waals surface area contributed by atoms with E-state index in [1.54, 1.807) is 0 Å². The summed E-state index contributed by atoms with van der Waals surface area (Å²) in [6, 6.07) is 14.4. The first-order valence-electron chi connectivity index (χ1n) is 8.54. The van der Waals surface area contributed by atoms with Gasteiger partial charge in [-0.3, -0.25) is 4.79 Å². The smallest absolute Gasteiger partial charge is 0.243 e. The predicted molar refractivity (Wildman–Crippen MR) is 96.2 cm³/mol. The van der Waals surface area contributed by atoms with Crippen LogP contribution in [-0.4, -0.2) is 31.7 Å². The molecule has 1 heterocycles. The van der Waals surface area contributed by atoms with Crippen molar-refractivity contribution in [3.05, 3.63) is 66.0 Å². The lowest BCUT2D eigenvalue weighted by Crippen LogP contribution is -2.42. The third-order valence-corrected chi connectivity index (χ3v) is 6.50. The van der Waals surface area contributed by atoms with Gasteiger partial charge in [-0.1, -0.05) is 30.3 Å². The van der Waals surface area contributed by atoms with Gasteiger partial charge in [-0.15, -0.1) is 0 Å². The quantitative estimate of drug-likeness (QED) is 0.872. The molecule has 0 aliphatic carbocycles. The van der Waals surface area contributed by atoms with Crippen LogP contribution in [0, 0.1) is 11.7 Å². The van der Waals surface area contributed by atoms with Crippen molar-refractivity contribution in [1.82, 2.24) is 9.62 Å². The van der Waals surface area contributed by atoms with E-state index in [9.17, 15) is 17.6 Å². The maximum absolute atomic E-state index is 13.0. The number of carbonyl (C=O) groups is 1. The summed E-state index contributed by atoms with van der Waals surface area (Å²) < 4.78 is 39.5. The lowest BCUT2D eigenvalue weighted by Gasteiger charge is -2.30. The van der Waals surface area contributed by atoms with Crippen molar-refractivity contribution in [3.63, 3.8) is 0 Å². The standard InChI is InChI=1S/C19H21FN2O3S/c20-17-6-8-18(9-7-17)26(24,25)22-12-10-16(11-13-22)19(23)21-14-15-4-2-1-3-5-15/h1-9,16H,10-14H2,(H,21,23). The molecule has 2 aromatic carbocycles. The van der Waals surface area contributed by atoms with Crippen LogP contribution in [0.2, 0.25) is 0 Å². The number of hydrogen-bond acceptors (Lipinski definition) is 3. The molecule has 1 aliphatic heterocycles. The summed E-state index contributed by atoms with van der Waals surface area (Å²) >= 11 is 0. The van der Waals surface area contributed by atoms with Gasteiger partial charge in [-0.2, -0.15) is 4.31 Å². The van der Waals surface area contributed by atoms with Gasteiger partial charge in [0.25, 0.3) is 0 Å². The van der Waals surface area contributed by atoms with Crippen LogP contribution in [0.5, 0.6) is 0 Å². The number of sulfonamides is 1. The number of halogens is 1. The fourth-order valence-electron chi connectivity index (χ4n) is 3.04. The van der Waals surface area contributed by atoms with E-state index in [1.807, 2.05) is 30.3 Å². The monoisotopic (exact) mass is 376 g/mol. The van der Waals surface area contributed by atoms with Gasteiger partial charge in [0.15, 0.2) is 0 Å². The van der Waals surface area contributed by atoms with Crippen molar-refractivity contribution in [3.8, 4) is 0 Å². The van der Waals surface area contributed by atoms with Crippen molar-refractivity contribution < 1.29 is 17.6 Å². The van der Waals surface area contributed by atoms with Gasteiger partial charge < -0.3 is 5.32 Å². The van der Waals surface area contributed by atoms with Crippen LogP contribution in [-0.2, 0) is 21.4 Å². The van der Waals surface area contributed by atoms with Gasteiger partial charge in [0, 0.05) is 25.6 Å². The Labute approximate surface area is 152 Å². The summed E-state index contributed by atoms with van der Waals surface area (Å²) in [7, 11) is -3.65. The van der Waals surface area contributed by atoms with Crippen LogP contribution in [0.3, 0.4) is 0 Å². The zero-order valence-corrected chi connectivity index (χ0v) is 15.1. The van der Waals surface area contributed by atoms with E-state index in [2.05, 4.69) is 5.32 Å². The van der Waals surface area contributed by atoms with Gasteiger partial charge in [-0.05, 0) is 42.7 Å². The van der Waals surface area contributed by atoms with Crippen molar-refractivity contribution in [1.29, 1.82) is 0 Å². The van der Waals surface area contributed by atoms with Crippen LogP contribution < -0.4 is 5.32 Å². The molecule has 0 atom stereocenters. The zero-order chi connectivity index (χ0) is 18.6. The minimum absolute atomic E-state index is 0.0484. The Morgan fingerprint density at radius 3 is 2.27 bits per heavy atom. The van der Waals surface area contributed by atoms with Gasteiger partial charge in [-0.25, -0.2) is 12.8 Å². The highest BCUT2D eigenvalue weighted by Crippen LogP contribution is 2.24. The molecule has 0 radical (unpaired) electrons. The molecule has 0 bridgehead atoms. The second kappa shape index (κ2) is 7.97. The molecule has 138 valence electrons. The van der Waals surface area contributed by atoms with Crippen molar-refractivity contribution in [2.75, 3.05) is 13.1 Å². The molecular weight excluding hydrogens is 355 g/mol. The summed E-state index contributed by atoms with van der Waals surface area (Å²) in [5.41, 5.74) is 1.03. The maximum atomic E-state index is 13.0. The fraction of sp³-hybridized carbons (Fsp3) is 0.316. The van der Waals surface area contributed by atoms with E-state index < -0.39 is 15.8 Å². The lowest BCUT2D eigenvalue weighted by atomic mass is 9.97. The molecule has 5 nitrogen and oxygen atoms in total. The van der Waals surface area contributed by atoms with Gasteiger partial charge in [0.1, 0.15) is 5.82 Å². The Kier molecular flexibility index (Phi) is 5.68. The lowest BCUT2D eigenvalue weighted by molar-refractivity contribution is -0.126. The first kappa shape index (κ1) is 18.5. The first-order valence-corrected chi connectivity index (χ1v) is 9.98. The summed E-state index contributed by atoms with van der Waals surface area (Å²) in [4.78, 5) is 12.4. The molecule has 0 unspecified atom stereocenters. The number of hydrogen-bond donors (Lipinski definition) is 1. The normalized spacial score (nSPS) is 16.3. The molecule has 1 fully saturated rings. The maximum Gasteiger partial charge on any atom is 0.243 e. The third-order valence-electron chi connectivity index (χ3n) is 4.59. The highest BCUT2D eigenvalue weighted by molar-refractivity contribution is 7.89. The number of amides is 1. The number of carbonyl (C=O) groups excluding carboxylic acids is 1. The average molecular weight is 376 g/mol. The van der Waals surface area contributed by atoms with Crippen LogP contribution in [0.25, 0.3) is 0 Å². The molecule has 3 rings (SSSR count). The topological polar surface area (TPSA) is 66.5 Å². The largest absolute Gasteiger partial charge is 0.352 e. The fourth-order valence-corrected chi connectivity index (χ4v) is 4.51. The van der Waals surface area contributed by atoms with E-state index >= 15 is 0 Å². The van der Waals surface area contributed by atoms with E-state index in [1.165, 1.54) is 16.4 Å². The van der Waals surface area contributed by atoms with Crippen LogP contribution in [0.1, 0.15) is 18.4 Å². The molecule has 0 saturated carbocycles. The Hall–Kier alpha value is -2.25. The number of nitrogens with zero attached hydrogens (tertiary/aromatic N) is 1. The van der Waals surface area contributed by atoms with Gasteiger partial charge >= 0.3 is 0 Å². The Balaban J connectivity index is 1.55. The number of rotatable bonds is 5. The predicted octanol–water partition coefficient (Wildman–Crippen LogP) is 2.54. The molecular formula is C19H21FN2O3S. The summed E-state index contributed by atoms with van der Waals surface area (Å²) in [5.74, 6) is -0.719. The second-order valence-corrected chi connectivity index (χ2v) is 8.27. The minimum atomic E-state index is -3.65. The molecule has 0 aromatic heterocycles. The molecule has 1 saturated heterocycles. The van der Waals surface area contributed by atoms with Crippen LogP contribution in [0.15, 0.2) is 59.5 Å². The molecule has 1 N–H and O–H groups in total. The van der Waals surface area contributed by atoms with E-state index in [4.69, 9.17) is 0 Å².